The Morgan fingerprint density at radius 3 is 2.06 bits per heavy atom. The molecule has 0 aliphatic heterocycles. The molecule has 0 aliphatic rings. The maximum Gasteiger partial charge on any atom is 0.338 e. The molecule has 166 valence electrons. The summed E-state index contributed by atoms with van der Waals surface area (Å²) in [5, 5.41) is 0. The van der Waals surface area contributed by atoms with Crippen LogP contribution < -0.4 is 18.9 Å². The third-order valence-electron chi connectivity index (χ3n) is 4.05. The first-order chi connectivity index (χ1) is 15.3. The van der Waals surface area contributed by atoms with Crippen LogP contribution in [0.25, 0.3) is 11.1 Å². The molecule has 2 aromatic rings. The lowest BCUT2D eigenvalue weighted by Crippen LogP contribution is -2.10. The zero-order valence-electron chi connectivity index (χ0n) is 18.2. The van der Waals surface area contributed by atoms with Gasteiger partial charge in [-0.3, -0.25) is 4.79 Å². The zero-order valence-corrected chi connectivity index (χ0v) is 18.2. The second kappa shape index (κ2) is 11.3. The van der Waals surface area contributed by atoms with Gasteiger partial charge in [0.25, 0.3) is 6.47 Å². The summed E-state index contributed by atoms with van der Waals surface area (Å²) >= 11 is 0. The van der Waals surface area contributed by atoms with Gasteiger partial charge >= 0.3 is 11.9 Å². The Kier molecular flexibility index (Phi) is 8.53. The molecule has 0 unspecified atom stereocenters. The van der Waals surface area contributed by atoms with E-state index >= 15 is 0 Å². The molecule has 0 heterocycles. The van der Waals surface area contributed by atoms with Crippen LogP contribution in [0.15, 0.2) is 72.9 Å². The van der Waals surface area contributed by atoms with Crippen molar-refractivity contribution in [1.29, 1.82) is 0 Å². The molecule has 0 bridgehead atoms. The van der Waals surface area contributed by atoms with E-state index in [2.05, 4.69) is 13.2 Å². The molecule has 7 nitrogen and oxygen atoms in total. The van der Waals surface area contributed by atoms with Crippen molar-refractivity contribution in [3.63, 3.8) is 0 Å². The minimum Gasteiger partial charge on any atom is -0.489 e. The van der Waals surface area contributed by atoms with Crippen molar-refractivity contribution in [2.45, 2.75) is 20.8 Å². The Hall–Kier alpha value is -4.13. The summed E-state index contributed by atoms with van der Waals surface area (Å²) in [6.07, 6.45) is 3.61. The molecule has 7 heteroatoms. The summed E-state index contributed by atoms with van der Waals surface area (Å²) in [5.41, 5.74) is 1.52. The fraction of sp³-hybridized carbons (Fsp3) is 0.160. The van der Waals surface area contributed by atoms with Crippen molar-refractivity contribution in [1.82, 2.24) is 0 Å². The van der Waals surface area contributed by atoms with E-state index in [1.807, 2.05) is 13.0 Å². The highest BCUT2D eigenvalue weighted by Crippen LogP contribution is 2.42. The van der Waals surface area contributed by atoms with Crippen molar-refractivity contribution in [2.24, 2.45) is 0 Å². The highest BCUT2D eigenvalue weighted by Gasteiger charge is 2.20. The van der Waals surface area contributed by atoms with E-state index < -0.39 is 11.9 Å². The standard InChI is InChI=1S/C25H24O7/c1-6-7-12-29-21-13-20(30-15-26)14-22(32-25(28)17(4)5)23(21)18-8-10-19(11-9-18)31-24(27)16(2)3/h6-11,13-15H,2,4,12H2,1,3,5H3/b7-6+. The maximum atomic E-state index is 12.2. The fourth-order valence-corrected chi connectivity index (χ4v) is 2.47. The molecule has 0 atom stereocenters. The molecular weight excluding hydrogens is 412 g/mol. The van der Waals surface area contributed by atoms with E-state index in [9.17, 15) is 14.4 Å². The van der Waals surface area contributed by atoms with E-state index in [1.165, 1.54) is 19.1 Å². The van der Waals surface area contributed by atoms with Crippen LogP contribution in [0.2, 0.25) is 0 Å². The number of hydrogen-bond acceptors (Lipinski definition) is 7. The van der Waals surface area contributed by atoms with Crippen LogP contribution in [0.1, 0.15) is 20.8 Å². The fourth-order valence-electron chi connectivity index (χ4n) is 2.47. The van der Waals surface area contributed by atoms with Crippen molar-refractivity contribution in [3.05, 3.63) is 72.9 Å². The number of rotatable bonds is 10. The van der Waals surface area contributed by atoms with E-state index in [4.69, 9.17) is 18.9 Å². The molecule has 0 fully saturated rings. The SMILES string of the molecule is C=C(C)C(=O)Oc1ccc(-c2c(OC/C=C/C)cc(OC=O)cc2OC(=O)C(=C)C)cc1. The van der Waals surface area contributed by atoms with E-state index in [0.717, 1.165) is 0 Å². The summed E-state index contributed by atoms with van der Waals surface area (Å²) in [6, 6.07) is 9.45. The average Bonchev–Trinajstić information content (AvgIpc) is 2.74. The lowest BCUT2D eigenvalue weighted by molar-refractivity contribution is -0.130. The van der Waals surface area contributed by atoms with Crippen LogP contribution in [0.5, 0.6) is 23.0 Å². The number of hydrogen-bond donors (Lipinski definition) is 0. The van der Waals surface area contributed by atoms with Crippen LogP contribution >= 0.6 is 0 Å². The maximum absolute atomic E-state index is 12.2. The summed E-state index contributed by atoms with van der Waals surface area (Å²) in [4.78, 5) is 34.8. The van der Waals surface area contributed by atoms with Crippen molar-refractivity contribution in [3.8, 4) is 34.1 Å². The monoisotopic (exact) mass is 436 g/mol. The Morgan fingerprint density at radius 2 is 1.50 bits per heavy atom. The molecular formula is C25H24O7. The molecule has 2 rings (SSSR count). The molecule has 32 heavy (non-hydrogen) atoms. The van der Waals surface area contributed by atoms with E-state index in [-0.39, 0.29) is 35.7 Å². The van der Waals surface area contributed by atoms with Crippen LogP contribution in [0.4, 0.5) is 0 Å². The second-order valence-corrected chi connectivity index (χ2v) is 6.75. The summed E-state index contributed by atoms with van der Waals surface area (Å²) in [6.45, 7) is 12.6. The lowest BCUT2D eigenvalue weighted by atomic mass is 10.0. The first kappa shape index (κ1) is 24.1. The van der Waals surface area contributed by atoms with Crippen LogP contribution in [0.3, 0.4) is 0 Å². The number of allylic oxidation sites excluding steroid dienone is 1. The van der Waals surface area contributed by atoms with Crippen LogP contribution in [0, 0.1) is 0 Å². The summed E-state index contributed by atoms with van der Waals surface area (Å²) in [5.74, 6) is -0.311. The second-order valence-electron chi connectivity index (χ2n) is 6.75. The Bertz CT molecular complexity index is 1060. The van der Waals surface area contributed by atoms with Gasteiger partial charge in [-0.25, -0.2) is 9.59 Å². The van der Waals surface area contributed by atoms with Crippen molar-refractivity contribution < 1.29 is 33.3 Å². The summed E-state index contributed by atoms with van der Waals surface area (Å²) < 4.78 is 21.5. The Labute approximate surface area is 186 Å². The predicted molar refractivity (Wildman–Crippen MR) is 120 cm³/mol. The predicted octanol–water partition coefficient (Wildman–Crippen LogP) is 4.81. The van der Waals surface area contributed by atoms with Gasteiger partial charge in [0, 0.05) is 23.3 Å². The van der Waals surface area contributed by atoms with Gasteiger partial charge in [-0.15, -0.1) is 0 Å². The molecule has 0 N–H and O–H groups in total. The highest BCUT2D eigenvalue weighted by atomic mass is 16.5. The first-order valence-electron chi connectivity index (χ1n) is 9.65. The Balaban J connectivity index is 2.58. The molecule has 0 radical (unpaired) electrons. The minimum absolute atomic E-state index is 0.111. The van der Waals surface area contributed by atoms with Crippen molar-refractivity contribution in [2.75, 3.05) is 6.61 Å². The molecule has 0 aliphatic carbocycles. The quantitative estimate of drug-likeness (QED) is 0.174. The first-order valence-corrected chi connectivity index (χ1v) is 9.65. The highest BCUT2D eigenvalue weighted by molar-refractivity contribution is 5.91. The normalized spacial score (nSPS) is 10.3. The van der Waals surface area contributed by atoms with E-state index in [0.29, 0.717) is 22.6 Å². The minimum atomic E-state index is -0.652. The van der Waals surface area contributed by atoms with Gasteiger partial charge < -0.3 is 18.9 Å². The average molecular weight is 436 g/mol. The molecule has 0 aromatic heterocycles. The van der Waals surface area contributed by atoms with Gasteiger partial charge in [-0.1, -0.05) is 37.4 Å². The smallest absolute Gasteiger partial charge is 0.338 e. The largest absolute Gasteiger partial charge is 0.489 e. The summed E-state index contributed by atoms with van der Waals surface area (Å²) in [7, 11) is 0. The number of carbonyl (C=O) groups is 3. The van der Waals surface area contributed by atoms with Gasteiger partial charge in [0.2, 0.25) is 0 Å². The number of ether oxygens (including phenoxy) is 4. The van der Waals surface area contributed by atoms with Gasteiger partial charge in [-0.05, 0) is 38.5 Å². The number of carbonyl (C=O) groups excluding carboxylic acids is 3. The van der Waals surface area contributed by atoms with Gasteiger partial charge in [0.05, 0.1) is 5.56 Å². The third kappa shape index (κ3) is 6.43. The van der Waals surface area contributed by atoms with Crippen LogP contribution in [-0.2, 0) is 14.4 Å². The Morgan fingerprint density at radius 1 is 0.906 bits per heavy atom. The number of esters is 2. The van der Waals surface area contributed by atoms with Gasteiger partial charge in [-0.2, -0.15) is 0 Å². The lowest BCUT2D eigenvalue weighted by Gasteiger charge is -2.17. The zero-order chi connectivity index (χ0) is 23.7. The number of benzene rings is 2. The molecule has 0 amide bonds. The molecule has 0 spiro atoms. The van der Waals surface area contributed by atoms with E-state index in [1.54, 1.807) is 37.3 Å². The molecule has 0 saturated carbocycles. The topological polar surface area (TPSA) is 88.1 Å². The molecule has 2 aromatic carbocycles. The van der Waals surface area contributed by atoms with Crippen LogP contribution in [-0.4, -0.2) is 25.0 Å². The van der Waals surface area contributed by atoms with Crippen molar-refractivity contribution >= 4 is 18.4 Å². The van der Waals surface area contributed by atoms with Gasteiger partial charge in [0.15, 0.2) is 0 Å². The third-order valence-corrected chi connectivity index (χ3v) is 4.05. The van der Waals surface area contributed by atoms with Gasteiger partial charge in [0.1, 0.15) is 29.6 Å². The molecule has 0 saturated heterocycles.